The number of ether oxygens (including phenoxy) is 3. The monoisotopic (exact) mass is 889 g/mol. The zero-order valence-electron chi connectivity index (χ0n) is 42.0. The molecular formula is C59H100O5. The lowest BCUT2D eigenvalue weighted by atomic mass is 10.1. The van der Waals surface area contributed by atoms with Gasteiger partial charge in [-0.3, -0.25) is 9.59 Å². The van der Waals surface area contributed by atoms with Crippen LogP contribution in [0, 0.1) is 0 Å². The first-order valence-corrected chi connectivity index (χ1v) is 26.8. The quantitative estimate of drug-likeness (QED) is 0.0346. The predicted molar refractivity (Wildman–Crippen MR) is 279 cm³/mol. The van der Waals surface area contributed by atoms with Gasteiger partial charge in [-0.25, -0.2) is 0 Å². The Hall–Kier alpha value is -3.18. The van der Waals surface area contributed by atoms with E-state index >= 15 is 0 Å². The van der Waals surface area contributed by atoms with E-state index in [-0.39, 0.29) is 25.2 Å². The van der Waals surface area contributed by atoms with Gasteiger partial charge in [-0.1, -0.05) is 208 Å². The molecule has 0 radical (unpaired) electrons. The molecule has 0 N–H and O–H groups in total. The highest BCUT2D eigenvalue weighted by Gasteiger charge is 2.17. The highest BCUT2D eigenvalue weighted by Crippen LogP contribution is 2.13. The lowest BCUT2D eigenvalue weighted by Gasteiger charge is -2.18. The lowest BCUT2D eigenvalue weighted by molar-refractivity contribution is -0.163. The van der Waals surface area contributed by atoms with Crippen molar-refractivity contribution in [2.45, 2.75) is 245 Å². The SMILES string of the molecule is CC/C=C\C/C=C\C/C=C\CCCCCCCCCC(=O)OCC(COCCCCCCCCCC/C=C\C/C=C\CCCCC)OC(=O)CCCCC/C=C\C/C=C\C/C=C\CC. The van der Waals surface area contributed by atoms with Crippen molar-refractivity contribution in [2.75, 3.05) is 19.8 Å². The summed E-state index contributed by atoms with van der Waals surface area (Å²) in [5.41, 5.74) is 0. The molecule has 0 aliphatic heterocycles. The molecule has 0 aromatic heterocycles. The van der Waals surface area contributed by atoms with Crippen LogP contribution in [0.1, 0.15) is 239 Å². The maximum absolute atomic E-state index is 12.8. The minimum absolute atomic E-state index is 0.0612. The number of allylic oxidation sites excluding steroid dienone is 16. The molecule has 0 aromatic carbocycles. The Balaban J connectivity index is 4.32. The molecular weight excluding hydrogens is 789 g/mol. The van der Waals surface area contributed by atoms with E-state index in [0.717, 1.165) is 109 Å². The number of hydrogen-bond donors (Lipinski definition) is 0. The molecule has 0 bridgehead atoms. The van der Waals surface area contributed by atoms with Crippen LogP contribution in [0.5, 0.6) is 0 Å². The van der Waals surface area contributed by atoms with Crippen LogP contribution in [0.4, 0.5) is 0 Å². The minimum Gasteiger partial charge on any atom is -0.462 e. The fourth-order valence-corrected chi connectivity index (χ4v) is 7.16. The molecule has 1 atom stereocenters. The molecule has 5 nitrogen and oxygen atoms in total. The number of hydrogen-bond acceptors (Lipinski definition) is 5. The van der Waals surface area contributed by atoms with Crippen LogP contribution in [0.3, 0.4) is 0 Å². The first-order valence-electron chi connectivity index (χ1n) is 26.8. The van der Waals surface area contributed by atoms with Crippen molar-refractivity contribution in [3.05, 3.63) is 97.2 Å². The Kier molecular flexibility index (Phi) is 51.5. The second kappa shape index (κ2) is 54.2. The third-order valence-electron chi connectivity index (χ3n) is 11.1. The largest absolute Gasteiger partial charge is 0.462 e. The summed E-state index contributed by atoms with van der Waals surface area (Å²) in [4.78, 5) is 25.4. The van der Waals surface area contributed by atoms with E-state index in [9.17, 15) is 9.59 Å². The minimum atomic E-state index is -0.564. The highest BCUT2D eigenvalue weighted by molar-refractivity contribution is 5.70. The van der Waals surface area contributed by atoms with E-state index in [1.54, 1.807) is 0 Å². The fourth-order valence-electron chi connectivity index (χ4n) is 7.16. The van der Waals surface area contributed by atoms with E-state index in [4.69, 9.17) is 14.2 Å². The molecule has 0 spiro atoms. The smallest absolute Gasteiger partial charge is 0.306 e. The normalized spacial score (nSPS) is 13.0. The second-order valence-electron chi connectivity index (χ2n) is 17.4. The fraction of sp³-hybridized carbons (Fsp3) is 0.695. The van der Waals surface area contributed by atoms with Crippen molar-refractivity contribution >= 4 is 11.9 Å². The summed E-state index contributed by atoms with van der Waals surface area (Å²) in [6.45, 7) is 7.53. The molecule has 0 amide bonds. The van der Waals surface area contributed by atoms with Crippen molar-refractivity contribution in [3.8, 4) is 0 Å². The van der Waals surface area contributed by atoms with Gasteiger partial charge in [0.1, 0.15) is 6.61 Å². The van der Waals surface area contributed by atoms with E-state index in [0.29, 0.717) is 19.4 Å². The average molecular weight is 889 g/mol. The topological polar surface area (TPSA) is 61.8 Å². The van der Waals surface area contributed by atoms with Gasteiger partial charge in [-0.15, -0.1) is 0 Å². The predicted octanol–water partition coefficient (Wildman–Crippen LogP) is 18.2. The summed E-state index contributed by atoms with van der Waals surface area (Å²) in [6, 6.07) is 0. The van der Waals surface area contributed by atoms with Gasteiger partial charge in [0, 0.05) is 19.4 Å². The molecule has 64 heavy (non-hydrogen) atoms. The zero-order chi connectivity index (χ0) is 46.3. The van der Waals surface area contributed by atoms with Gasteiger partial charge in [-0.05, 0) is 116 Å². The van der Waals surface area contributed by atoms with Gasteiger partial charge in [0.15, 0.2) is 6.10 Å². The van der Waals surface area contributed by atoms with E-state index < -0.39 is 6.10 Å². The molecule has 5 heteroatoms. The molecule has 0 aliphatic rings. The van der Waals surface area contributed by atoms with Gasteiger partial charge in [-0.2, -0.15) is 0 Å². The molecule has 0 heterocycles. The molecule has 0 rings (SSSR count). The van der Waals surface area contributed by atoms with Crippen LogP contribution >= 0.6 is 0 Å². The molecule has 0 saturated carbocycles. The molecule has 1 unspecified atom stereocenters. The van der Waals surface area contributed by atoms with E-state index in [2.05, 4.69) is 118 Å². The standard InChI is InChI=1S/C59H100O5/c1-4-7-10-13-16-19-22-25-27-29-31-33-36-39-42-45-48-51-54-62-55-57(64-59(61)53-50-47-44-41-38-34-24-21-18-15-12-9-6-3)56-63-58(60)52-49-46-43-40-37-35-32-30-28-26-23-20-17-14-11-8-5-2/h8-9,11-12,16-21,25-28,34,38,57H,4-7,10,13-15,22-24,29-33,35-37,39-56H2,1-3H3/b11-8-,12-9-,19-16-,20-17-,21-18-,27-25-,28-26-,38-34-. The van der Waals surface area contributed by atoms with Crippen LogP contribution < -0.4 is 0 Å². The Morgan fingerprint density at radius 3 is 1.14 bits per heavy atom. The third kappa shape index (κ3) is 51.5. The molecule has 0 saturated heterocycles. The average Bonchev–Trinajstić information content (AvgIpc) is 3.30. The Bertz CT molecular complexity index is 1230. The van der Waals surface area contributed by atoms with Crippen LogP contribution in [-0.2, 0) is 23.8 Å². The van der Waals surface area contributed by atoms with Gasteiger partial charge >= 0.3 is 11.9 Å². The summed E-state index contributed by atoms with van der Waals surface area (Å²) < 4.78 is 17.4. The van der Waals surface area contributed by atoms with Crippen molar-refractivity contribution in [2.24, 2.45) is 0 Å². The van der Waals surface area contributed by atoms with Gasteiger partial charge in [0.05, 0.1) is 6.61 Å². The Labute approximate surface area is 396 Å². The van der Waals surface area contributed by atoms with Gasteiger partial charge in [0.2, 0.25) is 0 Å². The summed E-state index contributed by atoms with van der Waals surface area (Å²) in [7, 11) is 0. The Morgan fingerprint density at radius 1 is 0.359 bits per heavy atom. The van der Waals surface area contributed by atoms with E-state index in [1.807, 2.05) is 0 Å². The molecule has 366 valence electrons. The number of esters is 2. The van der Waals surface area contributed by atoms with Crippen molar-refractivity contribution < 1.29 is 23.8 Å². The first-order chi connectivity index (χ1) is 31.6. The van der Waals surface area contributed by atoms with E-state index in [1.165, 1.54) is 96.3 Å². The number of unbranched alkanes of at least 4 members (excludes halogenated alkanes) is 21. The van der Waals surface area contributed by atoms with Crippen molar-refractivity contribution in [3.63, 3.8) is 0 Å². The van der Waals surface area contributed by atoms with Crippen LogP contribution in [0.25, 0.3) is 0 Å². The van der Waals surface area contributed by atoms with Crippen LogP contribution in [-0.4, -0.2) is 37.9 Å². The first kappa shape index (κ1) is 60.8. The number of carbonyl (C=O) groups is 2. The van der Waals surface area contributed by atoms with Crippen LogP contribution in [0.2, 0.25) is 0 Å². The van der Waals surface area contributed by atoms with Crippen molar-refractivity contribution in [1.29, 1.82) is 0 Å². The molecule has 0 aliphatic carbocycles. The summed E-state index contributed by atoms with van der Waals surface area (Å²) >= 11 is 0. The maximum atomic E-state index is 12.8. The Morgan fingerprint density at radius 2 is 0.703 bits per heavy atom. The second-order valence-corrected chi connectivity index (χ2v) is 17.4. The maximum Gasteiger partial charge on any atom is 0.306 e. The summed E-state index contributed by atoms with van der Waals surface area (Å²) in [6.07, 6.45) is 72.8. The summed E-state index contributed by atoms with van der Waals surface area (Å²) in [5.74, 6) is -0.447. The number of carbonyl (C=O) groups excluding carboxylic acids is 2. The zero-order valence-corrected chi connectivity index (χ0v) is 42.0. The molecule has 0 fully saturated rings. The van der Waals surface area contributed by atoms with Gasteiger partial charge < -0.3 is 14.2 Å². The molecule has 0 aromatic rings. The van der Waals surface area contributed by atoms with Crippen molar-refractivity contribution in [1.82, 2.24) is 0 Å². The van der Waals surface area contributed by atoms with Crippen LogP contribution in [0.15, 0.2) is 97.2 Å². The van der Waals surface area contributed by atoms with Gasteiger partial charge in [0.25, 0.3) is 0 Å². The third-order valence-corrected chi connectivity index (χ3v) is 11.1. The number of rotatable bonds is 48. The highest BCUT2D eigenvalue weighted by atomic mass is 16.6. The summed E-state index contributed by atoms with van der Waals surface area (Å²) in [5, 5.41) is 0. The lowest BCUT2D eigenvalue weighted by Crippen LogP contribution is -2.30.